The molecule has 0 aromatic heterocycles. The van der Waals surface area contributed by atoms with Gasteiger partial charge in [0.25, 0.3) is 0 Å². The number of hydrogen-bond donors (Lipinski definition) is 1. The Morgan fingerprint density at radius 1 is 0.882 bits per heavy atom. The first-order valence-electron chi connectivity index (χ1n) is 5.00. The van der Waals surface area contributed by atoms with Crippen LogP contribution in [-0.2, 0) is 0 Å². The van der Waals surface area contributed by atoms with Gasteiger partial charge in [-0.15, -0.1) is 0 Å². The van der Waals surface area contributed by atoms with Gasteiger partial charge in [-0.3, -0.25) is 0 Å². The maximum Gasteiger partial charge on any atom is 0.387 e. The van der Waals surface area contributed by atoms with Gasteiger partial charge in [0, 0.05) is 11.1 Å². The quantitative estimate of drug-likeness (QED) is 0.881. The van der Waals surface area contributed by atoms with E-state index < -0.39 is 6.61 Å². The lowest BCUT2D eigenvalue weighted by Gasteiger charge is -2.11. The Labute approximate surface area is 97.1 Å². The summed E-state index contributed by atoms with van der Waals surface area (Å²) in [4.78, 5) is 0. The van der Waals surface area contributed by atoms with Crippen molar-refractivity contribution in [3.63, 3.8) is 0 Å². The van der Waals surface area contributed by atoms with Gasteiger partial charge in [0.05, 0.1) is 0 Å². The van der Waals surface area contributed by atoms with Crippen LogP contribution in [0.4, 0.5) is 8.78 Å². The minimum atomic E-state index is -2.89. The highest BCUT2D eigenvalue weighted by Crippen LogP contribution is 2.35. The SMILES string of the molecule is Oc1ccccc1-c1ccccc1OC(F)F. The minimum absolute atomic E-state index is 0.0258. The maximum absolute atomic E-state index is 12.2. The molecule has 0 unspecified atom stereocenters. The van der Waals surface area contributed by atoms with Crippen LogP contribution < -0.4 is 4.74 Å². The number of benzene rings is 2. The predicted molar refractivity (Wildman–Crippen MR) is 60.2 cm³/mol. The van der Waals surface area contributed by atoms with Gasteiger partial charge in [-0.25, -0.2) is 0 Å². The summed E-state index contributed by atoms with van der Waals surface area (Å²) < 4.78 is 28.9. The van der Waals surface area contributed by atoms with E-state index in [1.807, 2.05) is 0 Å². The van der Waals surface area contributed by atoms with Gasteiger partial charge in [0.2, 0.25) is 0 Å². The van der Waals surface area contributed by atoms with Crippen molar-refractivity contribution in [2.24, 2.45) is 0 Å². The number of para-hydroxylation sites is 2. The van der Waals surface area contributed by atoms with Gasteiger partial charge in [-0.1, -0.05) is 36.4 Å². The summed E-state index contributed by atoms with van der Waals surface area (Å²) in [5.74, 6) is 0.0711. The lowest BCUT2D eigenvalue weighted by atomic mass is 10.0. The van der Waals surface area contributed by atoms with Crippen molar-refractivity contribution < 1.29 is 18.6 Å². The van der Waals surface area contributed by atoms with Crippen LogP contribution in [0.2, 0.25) is 0 Å². The molecule has 0 fully saturated rings. The third-order valence-corrected chi connectivity index (χ3v) is 2.30. The van der Waals surface area contributed by atoms with Crippen molar-refractivity contribution >= 4 is 0 Å². The van der Waals surface area contributed by atoms with E-state index >= 15 is 0 Å². The van der Waals surface area contributed by atoms with Crippen molar-refractivity contribution in [3.05, 3.63) is 48.5 Å². The average Bonchev–Trinajstić information content (AvgIpc) is 2.30. The number of hydrogen-bond acceptors (Lipinski definition) is 2. The zero-order valence-corrected chi connectivity index (χ0v) is 8.81. The average molecular weight is 236 g/mol. The molecule has 2 aromatic rings. The molecule has 0 aliphatic carbocycles. The molecule has 0 amide bonds. The Balaban J connectivity index is 2.48. The molecule has 2 rings (SSSR count). The van der Waals surface area contributed by atoms with E-state index in [0.29, 0.717) is 11.1 Å². The van der Waals surface area contributed by atoms with E-state index in [9.17, 15) is 13.9 Å². The summed E-state index contributed by atoms with van der Waals surface area (Å²) in [6.07, 6.45) is 0. The molecule has 2 nitrogen and oxygen atoms in total. The van der Waals surface area contributed by atoms with Crippen LogP contribution in [-0.4, -0.2) is 11.7 Å². The highest BCUT2D eigenvalue weighted by Gasteiger charge is 2.12. The van der Waals surface area contributed by atoms with Crippen LogP contribution in [0, 0.1) is 0 Å². The number of aromatic hydroxyl groups is 1. The van der Waals surface area contributed by atoms with Crippen LogP contribution in [0.15, 0.2) is 48.5 Å². The normalized spacial score (nSPS) is 10.5. The Bertz CT molecular complexity index is 512. The van der Waals surface area contributed by atoms with E-state index in [4.69, 9.17) is 0 Å². The van der Waals surface area contributed by atoms with Crippen molar-refractivity contribution in [2.45, 2.75) is 6.61 Å². The summed E-state index contributed by atoms with van der Waals surface area (Å²) in [5, 5.41) is 9.68. The molecule has 0 heterocycles. The monoisotopic (exact) mass is 236 g/mol. The zero-order valence-electron chi connectivity index (χ0n) is 8.81. The van der Waals surface area contributed by atoms with Crippen LogP contribution in [0.25, 0.3) is 11.1 Å². The molecule has 1 N–H and O–H groups in total. The first kappa shape index (κ1) is 11.4. The second-order valence-electron chi connectivity index (χ2n) is 3.39. The van der Waals surface area contributed by atoms with Gasteiger partial charge >= 0.3 is 6.61 Å². The number of phenolic OH excluding ortho intramolecular Hbond substituents is 1. The fourth-order valence-corrected chi connectivity index (χ4v) is 1.59. The molecule has 17 heavy (non-hydrogen) atoms. The van der Waals surface area contributed by atoms with E-state index in [-0.39, 0.29) is 11.5 Å². The van der Waals surface area contributed by atoms with E-state index in [1.54, 1.807) is 36.4 Å². The Kier molecular flexibility index (Phi) is 3.23. The smallest absolute Gasteiger partial charge is 0.387 e. The molecule has 88 valence electrons. The molecular formula is C13H10F2O2. The molecule has 0 radical (unpaired) electrons. The number of rotatable bonds is 3. The molecule has 2 aromatic carbocycles. The number of phenols is 1. The third kappa shape index (κ3) is 2.53. The van der Waals surface area contributed by atoms with Gasteiger partial charge < -0.3 is 9.84 Å². The Morgan fingerprint density at radius 3 is 2.12 bits per heavy atom. The number of ether oxygens (including phenoxy) is 1. The van der Waals surface area contributed by atoms with Gasteiger partial charge in [0.15, 0.2) is 0 Å². The third-order valence-electron chi connectivity index (χ3n) is 2.30. The number of halogens is 2. The second kappa shape index (κ2) is 4.82. The molecule has 0 saturated heterocycles. The summed E-state index contributed by atoms with van der Waals surface area (Å²) in [5.41, 5.74) is 0.898. The van der Waals surface area contributed by atoms with Gasteiger partial charge in [-0.2, -0.15) is 8.78 Å². The number of alkyl halides is 2. The molecule has 0 aliphatic heterocycles. The standard InChI is InChI=1S/C13H10F2O2/c14-13(15)17-12-8-4-2-6-10(12)9-5-1-3-7-11(9)16/h1-8,13,16H. The van der Waals surface area contributed by atoms with Crippen molar-refractivity contribution in [3.8, 4) is 22.6 Å². The highest BCUT2D eigenvalue weighted by atomic mass is 19.3. The van der Waals surface area contributed by atoms with Crippen LogP contribution in [0.3, 0.4) is 0 Å². The fraction of sp³-hybridized carbons (Fsp3) is 0.0769. The second-order valence-corrected chi connectivity index (χ2v) is 3.39. The van der Waals surface area contributed by atoms with Crippen LogP contribution in [0.5, 0.6) is 11.5 Å². The highest BCUT2D eigenvalue weighted by molar-refractivity contribution is 5.75. The van der Waals surface area contributed by atoms with Crippen LogP contribution >= 0.6 is 0 Å². The van der Waals surface area contributed by atoms with E-state index in [0.717, 1.165) is 0 Å². The molecule has 0 spiro atoms. The fourth-order valence-electron chi connectivity index (χ4n) is 1.59. The maximum atomic E-state index is 12.2. The summed E-state index contributed by atoms with van der Waals surface area (Å²) in [6, 6.07) is 12.9. The lowest BCUT2D eigenvalue weighted by molar-refractivity contribution is -0.0494. The van der Waals surface area contributed by atoms with Crippen molar-refractivity contribution in [1.82, 2.24) is 0 Å². The van der Waals surface area contributed by atoms with Crippen molar-refractivity contribution in [1.29, 1.82) is 0 Å². The predicted octanol–water partition coefficient (Wildman–Crippen LogP) is 3.66. The summed E-state index contributed by atoms with van der Waals surface area (Å²) >= 11 is 0. The largest absolute Gasteiger partial charge is 0.507 e. The van der Waals surface area contributed by atoms with E-state index in [1.165, 1.54) is 12.1 Å². The molecule has 0 atom stereocenters. The molecular weight excluding hydrogens is 226 g/mol. The van der Waals surface area contributed by atoms with Gasteiger partial charge in [0.1, 0.15) is 11.5 Å². The summed E-state index contributed by atoms with van der Waals surface area (Å²) in [6.45, 7) is -2.89. The zero-order chi connectivity index (χ0) is 12.3. The first-order chi connectivity index (χ1) is 8.18. The summed E-state index contributed by atoms with van der Waals surface area (Å²) in [7, 11) is 0. The van der Waals surface area contributed by atoms with Gasteiger partial charge in [-0.05, 0) is 12.1 Å². The molecule has 0 bridgehead atoms. The lowest BCUT2D eigenvalue weighted by Crippen LogP contribution is -2.02. The first-order valence-corrected chi connectivity index (χ1v) is 5.00. The molecule has 0 aliphatic rings. The van der Waals surface area contributed by atoms with E-state index in [2.05, 4.69) is 4.74 Å². The Hall–Kier alpha value is -2.10. The molecule has 0 saturated carbocycles. The Morgan fingerprint density at radius 2 is 1.47 bits per heavy atom. The topological polar surface area (TPSA) is 29.5 Å². The minimum Gasteiger partial charge on any atom is -0.507 e. The van der Waals surface area contributed by atoms with Crippen molar-refractivity contribution in [2.75, 3.05) is 0 Å². The molecule has 4 heteroatoms. The van der Waals surface area contributed by atoms with Crippen LogP contribution in [0.1, 0.15) is 0 Å².